The molecule has 21 heavy (non-hydrogen) atoms. The molecule has 4 nitrogen and oxygen atoms in total. The zero-order valence-electron chi connectivity index (χ0n) is 12.4. The number of benzene rings is 1. The van der Waals surface area contributed by atoms with Crippen LogP contribution in [0.4, 0.5) is 5.69 Å². The Bertz CT molecular complexity index is 722. The number of nitrogens with two attached hydrogens (primary N) is 1. The fourth-order valence-corrected chi connectivity index (χ4v) is 4.67. The van der Waals surface area contributed by atoms with E-state index < -0.39 is 10.0 Å². The number of aryl methyl sites for hydroxylation is 1. The van der Waals surface area contributed by atoms with Crippen molar-refractivity contribution in [1.29, 1.82) is 0 Å². The number of hydrogen-bond donors (Lipinski definition) is 2. The smallest absolute Gasteiger partial charge is 0.241 e. The number of rotatable bonds is 5. The van der Waals surface area contributed by atoms with Crippen molar-refractivity contribution in [1.82, 2.24) is 4.72 Å². The minimum absolute atomic E-state index is 0.171. The molecule has 0 aliphatic carbocycles. The second kappa shape index (κ2) is 6.17. The van der Waals surface area contributed by atoms with Gasteiger partial charge < -0.3 is 5.73 Å². The van der Waals surface area contributed by atoms with Crippen LogP contribution >= 0.6 is 11.3 Å². The third-order valence-electron chi connectivity index (χ3n) is 3.28. The highest BCUT2D eigenvalue weighted by atomic mass is 32.2. The van der Waals surface area contributed by atoms with Gasteiger partial charge in [0, 0.05) is 16.6 Å². The number of sulfonamides is 1. The van der Waals surface area contributed by atoms with Gasteiger partial charge in [0.1, 0.15) is 0 Å². The topological polar surface area (TPSA) is 72.2 Å². The van der Waals surface area contributed by atoms with Crippen LogP contribution in [0.1, 0.15) is 22.9 Å². The maximum Gasteiger partial charge on any atom is 0.241 e. The average molecular weight is 324 g/mol. The predicted octanol–water partition coefficient (Wildman–Crippen LogP) is 2.86. The Hall–Kier alpha value is -1.37. The summed E-state index contributed by atoms with van der Waals surface area (Å²) in [5, 5.41) is 1.99. The fourth-order valence-electron chi connectivity index (χ4n) is 2.23. The Morgan fingerprint density at radius 2 is 2.05 bits per heavy atom. The van der Waals surface area contributed by atoms with Crippen molar-refractivity contribution in [2.24, 2.45) is 0 Å². The van der Waals surface area contributed by atoms with E-state index in [1.807, 2.05) is 31.4 Å². The van der Waals surface area contributed by atoms with Crippen LogP contribution in [0.2, 0.25) is 0 Å². The SMILES string of the molecule is Cc1cc(N)c(C)c(S(=O)(=O)NC(C)Cc2cccs2)c1. The standard InChI is InChI=1S/C15H20N2O2S2/c1-10-7-14(16)12(3)15(8-10)21(18,19)17-11(2)9-13-5-4-6-20-13/h4-8,11,17H,9,16H2,1-3H3. The molecule has 0 aliphatic rings. The van der Waals surface area contributed by atoms with Crippen LogP contribution in [0, 0.1) is 13.8 Å². The van der Waals surface area contributed by atoms with Gasteiger partial charge in [-0.2, -0.15) is 0 Å². The van der Waals surface area contributed by atoms with Gasteiger partial charge in [0.05, 0.1) is 4.90 Å². The molecule has 114 valence electrons. The van der Waals surface area contributed by atoms with Crippen LogP contribution in [0.5, 0.6) is 0 Å². The van der Waals surface area contributed by atoms with Gasteiger partial charge in [-0.3, -0.25) is 0 Å². The van der Waals surface area contributed by atoms with Gasteiger partial charge in [0.2, 0.25) is 10.0 Å². The second-order valence-corrected chi connectivity index (χ2v) is 8.00. The normalized spacial score (nSPS) is 13.3. The first-order chi connectivity index (χ1) is 9.79. The van der Waals surface area contributed by atoms with Crippen LogP contribution in [0.3, 0.4) is 0 Å². The molecule has 1 aromatic heterocycles. The number of nitrogens with one attached hydrogen (secondary N) is 1. The number of hydrogen-bond acceptors (Lipinski definition) is 4. The van der Waals surface area contributed by atoms with Crippen molar-refractivity contribution >= 4 is 27.0 Å². The van der Waals surface area contributed by atoms with Gasteiger partial charge in [-0.15, -0.1) is 11.3 Å². The molecule has 2 rings (SSSR count). The minimum Gasteiger partial charge on any atom is -0.398 e. The van der Waals surface area contributed by atoms with Crippen molar-refractivity contribution in [3.63, 3.8) is 0 Å². The molecule has 6 heteroatoms. The van der Waals surface area contributed by atoms with E-state index in [-0.39, 0.29) is 10.9 Å². The van der Waals surface area contributed by atoms with E-state index >= 15 is 0 Å². The van der Waals surface area contributed by atoms with E-state index in [1.54, 1.807) is 30.4 Å². The molecular weight excluding hydrogens is 304 g/mol. The lowest BCUT2D eigenvalue weighted by Gasteiger charge is -2.16. The molecule has 0 fully saturated rings. The van der Waals surface area contributed by atoms with Crippen LogP contribution in [0.15, 0.2) is 34.5 Å². The summed E-state index contributed by atoms with van der Waals surface area (Å²) in [7, 11) is -3.56. The summed E-state index contributed by atoms with van der Waals surface area (Å²) in [4.78, 5) is 1.42. The van der Waals surface area contributed by atoms with Crippen molar-refractivity contribution in [2.45, 2.75) is 38.1 Å². The number of nitrogen functional groups attached to an aromatic ring is 1. The lowest BCUT2D eigenvalue weighted by atomic mass is 10.1. The van der Waals surface area contributed by atoms with Crippen molar-refractivity contribution < 1.29 is 8.42 Å². The van der Waals surface area contributed by atoms with Crippen molar-refractivity contribution in [2.75, 3.05) is 5.73 Å². The lowest BCUT2D eigenvalue weighted by molar-refractivity contribution is 0.560. The molecule has 1 atom stereocenters. The van der Waals surface area contributed by atoms with Crippen LogP contribution < -0.4 is 10.5 Å². The van der Waals surface area contributed by atoms with E-state index in [9.17, 15) is 8.42 Å². The Morgan fingerprint density at radius 1 is 1.33 bits per heavy atom. The number of thiophene rings is 1. The van der Waals surface area contributed by atoms with Crippen LogP contribution in [0.25, 0.3) is 0 Å². The van der Waals surface area contributed by atoms with Crippen LogP contribution in [-0.4, -0.2) is 14.5 Å². The molecule has 0 saturated heterocycles. The number of anilines is 1. The Balaban J connectivity index is 2.22. The molecule has 0 saturated carbocycles. The maximum atomic E-state index is 12.5. The van der Waals surface area contributed by atoms with Gasteiger partial charge in [-0.05, 0) is 61.9 Å². The minimum atomic E-state index is -3.56. The summed E-state index contributed by atoms with van der Waals surface area (Å²) in [5.74, 6) is 0. The van der Waals surface area contributed by atoms with E-state index in [4.69, 9.17) is 5.73 Å². The van der Waals surface area contributed by atoms with E-state index in [2.05, 4.69) is 4.72 Å². The molecule has 2 aromatic rings. The molecule has 3 N–H and O–H groups in total. The second-order valence-electron chi connectivity index (χ2n) is 5.28. The molecule has 1 heterocycles. The van der Waals surface area contributed by atoms with Crippen molar-refractivity contribution in [3.8, 4) is 0 Å². The quantitative estimate of drug-likeness (QED) is 0.831. The highest BCUT2D eigenvalue weighted by Crippen LogP contribution is 2.23. The Kier molecular flexibility index (Phi) is 4.70. The highest BCUT2D eigenvalue weighted by molar-refractivity contribution is 7.89. The van der Waals surface area contributed by atoms with Gasteiger partial charge in [0.25, 0.3) is 0 Å². The first-order valence-electron chi connectivity index (χ1n) is 6.71. The molecule has 0 amide bonds. The fraction of sp³-hybridized carbons (Fsp3) is 0.333. The third kappa shape index (κ3) is 3.84. The highest BCUT2D eigenvalue weighted by Gasteiger charge is 2.21. The van der Waals surface area contributed by atoms with Crippen molar-refractivity contribution in [3.05, 3.63) is 45.6 Å². The third-order valence-corrected chi connectivity index (χ3v) is 5.89. The van der Waals surface area contributed by atoms with Gasteiger partial charge in [-0.1, -0.05) is 6.07 Å². The summed E-state index contributed by atoms with van der Waals surface area (Å²) >= 11 is 1.63. The van der Waals surface area contributed by atoms with E-state index in [0.717, 1.165) is 10.4 Å². The largest absolute Gasteiger partial charge is 0.398 e. The van der Waals surface area contributed by atoms with Gasteiger partial charge >= 0.3 is 0 Å². The molecule has 0 aliphatic heterocycles. The zero-order valence-corrected chi connectivity index (χ0v) is 14.0. The first-order valence-corrected chi connectivity index (χ1v) is 9.07. The van der Waals surface area contributed by atoms with Gasteiger partial charge in [-0.25, -0.2) is 13.1 Å². The molecule has 0 spiro atoms. The molecular formula is C15H20N2O2S2. The first kappa shape index (κ1) is 16.0. The molecule has 1 aromatic carbocycles. The molecule has 1 unspecified atom stereocenters. The lowest BCUT2D eigenvalue weighted by Crippen LogP contribution is -2.34. The maximum absolute atomic E-state index is 12.5. The zero-order chi connectivity index (χ0) is 15.6. The summed E-state index contributed by atoms with van der Waals surface area (Å²) in [5.41, 5.74) is 7.80. The molecule has 0 radical (unpaired) electrons. The van der Waals surface area contributed by atoms with E-state index in [0.29, 0.717) is 17.7 Å². The monoisotopic (exact) mass is 324 g/mol. The molecule has 0 bridgehead atoms. The van der Waals surface area contributed by atoms with Gasteiger partial charge in [0.15, 0.2) is 0 Å². The average Bonchev–Trinajstić information content (AvgIpc) is 2.85. The van der Waals surface area contributed by atoms with Crippen LogP contribution in [-0.2, 0) is 16.4 Å². The summed E-state index contributed by atoms with van der Waals surface area (Å²) < 4.78 is 27.8. The Labute approximate surface area is 130 Å². The summed E-state index contributed by atoms with van der Waals surface area (Å²) in [6.07, 6.45) is 0.678. The Morgan fingerprint density at radius 3 is 2.67 bits per heavy atom. The summed E-state index contributed by atoms with van der Waals surface area (Å²) in [6, 6.07) is 7.24. The predicted molar refractivity (Wildman–Crippen MR) is 88.1 cm³/mol. The summed E-state index contributed by atoms with van der Waals surface area (Å²) in [6.45, 7) is 5.43. The van der Waals surface area contributed by atoms with E-state index in [1.165, 1.54) is 0 Å².